The van der Waals surface area contributed by atoms with Crippen molar-refractivity contribution in [3.63, 3.8) is 0 Å². The molecule has 0 aliphatic heterocycles. The highest BCUT2D eigenvalue weighted by Crippen LogP contribution is 2.33. The Balaban J connectivity index is 1.67. The van der Waals surface area contributed by atoms with Crippen molar-refractivity contribution < 1.29 is 22.3 Å². The summed E-state index contributed by atoms with van der Waals surface area (Å²) < 4.78 is 61.2. The molecule has 0 aromatic heterocycles. The van der Waals surface area contributed by atoms with Gasteiger partial charge < -0.3 is 4.74 Å². The van der Waals surface area contributed by atoms with E-state index in [1.807, 2.05) is 19.1 Å². The fourth-order valence-electron chi connectivity index (χ4n) is 3.46. The van der Waals surface area contributed by atoms with Gasteiger partial charge in [-0.25, -0.2) is 13.2 Å². The van der Waals surface area contributed by atoms with E-state index in [1.165, 1.54) is 18.2 Å². The van der Waals surface area contributed by atoms with E-state index in [0.29, 0.717) is 17.7 Å². The molecule has 1 nitrogen and oxygen atoms in total. The molecule has 0 atom stereocenters. The fraction of sp³-hybridized carbons (Fsp3) is 0.154. The smallest absolute Gasteiger partial charge is 0.201 e. The Morgan fingerprint density at radius 3 is 2.00 bits per heavy atom. The number of halogens is 4. The van der Waals surface area contributed by atoms with Crippen molar-refractivity contribution in [1.82, 2.24) is 0 Å². The molecule has 0 bridgehead atoms. The lowest BCUT2D eigenvalue weighted by atomic mass is 9.97. The van der Waals surface area contributed by atoms with Gasteiger partial charge in [-0.3, -0.25) is 0 Å². The van der Waals surface area contributed by atoms with E-state index in [9.17, 15) is 17.6 Å². The van der Waals surface area contributed by atoms with Crippen LogP contribution in [0, 0.1) is 23.3 Å². The molecule has 0 saturated carbocycles. The van der Waals surface area contributed by atoms with Crippen LogP contribution in [0.1, 0.15) is 19.8 Å². The van der Waals surface area contributed by atoms with Crippen LogP contribution in [0.15, 0.2) is 66.7 Å². The Bertz CT molecular complexity index is 1250. The first-order valence-corrected chi connectivity index (χ1v) is 10.1. The minimum absolute atomic E-state index is 0.0911. The van der Waals surface area contributed by atoms with Crippen molar-refractivity contribution in [2.75, 3.05) is 6.61 Å². The average molecular weight is 424 g/mol. The van der Waals surface area contributed by atoms with Crippen LogP contribution in [0.2, 0.25) is 0 Å². The molecule has 0 aliphatic rings. The summed E-state index contributed by atoms with van der Waals surface area (Å²) in [4.78, 5) is 0. The summed E-state index contributed by atoms with van der Waals surface area (Å²) in [6.45, 7) is 2.33. The van der Waals surface area contributed by atoms with Crippen molar-refractivity contribution in [2.24, 2.45) is 0 Å². The summed E-state index contributed by atoms with van der Waals surface area (Å²) >= 11 is 0. The molecule has 0 spiro atoms. The van der Waals surface area contributed by atoms with Crippen molar-refractivity contribution in [2.45, 2.75) is 19.8 Å². The molecule has 4 aromatic rings. The lowest BCUT2D eigenvalue weighted by Gasteiger charge is -2.11. The summed E-state index contributed by atoms with van der Waals surface area (Å²) in [6.07, 6.45) is 1.66. The Morgan fingerprint density at radius 1 is 0.645 bits per heavy atom. The highest BCUT2D eigenvalue weighted by atomic mass is 19.2. The minimum Gasteiger partial charge on any atom is -0.490 e. The Labute approximate surface area is 177 Å². The van der Waals surface area contributed by atoms with Gasteiger partial charge in [0.2, 0.25) is 5.82 Å². The molecule has 0 unspecified atom stereocenters. The van der Waals surface area contributed by atoms with Crippen LogP contribution < -0.4 is 4.74 Å². The largest absolute Gasteiger partial charge is 0.490 e. The van der Waals surface area contributed by atoms with Gasteiger partial charge in [-0.1, -0.05) is 43.7 Å². The van der Waals surface area contributed by atoms with Gasteiger partial charge in [0.1, 0.15) is 0 Å². The number of benzene rings is 4. The molecule has 4 aromatic carbocycles. The Hall–Kier alpha value is -3.34. The van der Waals surface area contributed by atoms with Crippen LogP contribution in [-0.2, 0) is 0 Å². The monoisotopic (exact) mass is 424 g/mol. The number of rotatable bonds is 6. The molecule has 5 heteroatoms. The van der Waals surface area contributed by atoms with E-state index >= 15 is 0 Å². The zero-order valence-corrected chi connectivity index (χ0v) is 16.9. The van der Waals surface area contributed by atoms with Crippen LogP contribution >= 0.6 is 0 Å². The predicted octanol–water partition coefficient (Wildman–Crippen LogP) is 7.91. The lowest BCUT2D eigenvalue weighted by molar-refractivity contribution is 0.289. The molecule has 158 valence electrons. The van der Waals surface area contributed by atoms with E-state index in [4.69, 9.17) is 4.74 Å². The molecule has 0 N–H and O–H groups in total. The normalized spacial score (nSPS) is 11.1. The van der Waals surface area contributed by atoms with Crippen LogP contribution in [-0.4, -0.2) is 6.61 Å². The summed E-state index contributed by atoms with van der Waals surface area (Å²) in [5.74, 6) is -3.85. The van der Waals surface area contributed by atoms with Gasteiger partial charge in [0, 0.05) is 5.56 Å². The third-order valence-electron chi connectivity index (χ3n) is 5.21. The molecule has 4 rings (SSSR count). The maximum absolute atomic E-state index is 14.7. The summed E-state index contributed by atoms with van der Waals surface area (Å²) in [5.41, 5.74) is 1.96. The van der Waals surface area contributed by atoms with Gasteiger partial charge in [-0.2, -0.15) is 4.39 Å². The third-order valence-corrected chi connectivity index (χ3v) is 5.21. The predicted molar refractivity (Wildman–Crippen MR) is 115 cm³/mol. The van der Waals surface area contributed by atoms with Crippen LogP contribution in [0.5, 0.6) is 5.75 Å². The molecule has 0 heterocycles. The SMILES string of the molecule is CCCCOc1ccc(-c2ccc3cc(-c4ccc(F)c(F)c4)ccc3c2)c(F)c1F. The highest BCUT2D eigenvalue weighted by Gasteiger charge is 2.16. The quantitative estimate of drug-likeness (QED) is 0.226. The number of hydrogen-bond acceptors (Lipinski definition) is 1. The van der Waals surface area contributed by atoms with E-state index in [-0.39, 0.29) is 11.3 Å². The van der Waals surface area contributed by atoms with Crippen LogP contribution in [0.4, 0.5) is 17.6 Å². The minimum atomic E-state index is -0.998. The zero-order chi connectivity index (χ0) is 22.0. The van der Waals surface area contributed by atoms with E-state index in [0.717, 1.165) is 41.3 Å². The topological polar surface area (TPSA) is 9.23 Å². The highest BCUT2D eigenvalue weighted by molar-refractivity contribution is 5.91. The lowest BCUT2D eigenvalue weighted by Crippen LogP contribution is -2.01. The standard InChI is InChI=1S/C26H20F4O/c1-2-3-12-31-24-11-9-21(25(29)26(24)30)20-7-6-16-13-17(4-5-18(16)14-20)19-8-10-22(27)23(28)15-19/h4-11,13-15H,2-3,12H2,1H3. The van der Waals surface area contributed by atoms with Crippen LogP contribution in [0.3, 0.4) is 0 Å². The average Bonchev–Trinajstić information content (AvgIpc) is 2.78. The van der Waals surface area contributed by atoms with Gasteiger partial charge >= 0.3 is 0 Å². The number of fused-ring (bicyclic) bond motifs is 1. The number of ether oxygens (including phenoxy) is 1. The number of unbranched alkanes of at least 4 members (excludes halogenated alkanes) is 1. The summed E-state index contributed by atoms with van der Waals surface area (Å²) in [5, 5.41) is 1.65. The number of hydrogen-bond donors (Lipinski definition) is 0. The molecule has 0 amide bonds. The molecule has 0 aliphatic carbocycles. The van der Waals surface area contributed by atoms with Gasteiger partial charge in [0.15, 0.2) is 23.2 Å². The summed E-state index contributed by atoms with van der Waals surface area (Å²) in [6, 6.07) is 17.4. The van der Waals surface area contributed by atoms with Gasteiger partial charge in [0.05, 0.1) is 6.61 Å². The van der Waals surface area contributed by atoms with E-state index in [1.54, 1.807) is 24.3 Å². The molecular weight excluding hydrogens is 404 g/mol. The van der Waals surface area contributed by atoms with E-state index in [2.05, 4.69) is 0 Å². The molecular formula is C26H20F4O. The van der Waals surface area contributed by atoms with Gasteiger partial charge in [-0.05, 0) is 70.3 Å². The first-order valence-electron chi connectivity index (χ1n) is 10.1. The maximum Gasteiger partial charge on any atom is 0.201 e. The third kappa shape index (κ3) is 4.26. The molecule has 0 fully saturated rings. The summed E-state index contributed by atoms with van der Waals surface area (Å²) in [7, 11) is 0. The molecule has 0 radical (unpaired) electrons. The van der Waals surface area contributed by atoms with E-state index < -0.39 is 23.3 Å². The first kappa shape index (κ1) is 20.9. The van der Waals surface area contributed by atoms with Crippen LogP contribution in [0.25, 0.3) is 33.0 Å². The van der Waals surface area contributed by atoms with Crippen molar-refractivity contribution in [3.8, 4) is 28.0 Å². The maximum atomic E-state index is 14.7. The van der Waals surface area contributed by atoms with Crippen molar-refractivity contribution in [1.29, 1.82) is 0 Å². The first-order chi connectivity index (χ1) is 15.0. The Morgan fingerprint density at radius 2 is 1.29 bits per heavy atom. The second-order valence-electron chi connectivity index (χ2n) is 7.35. The second-order valence-corrected chi connectivity index (χ2v) is 7.35. The van der Waals surface area contributed by atoms with Gasteiger partial charge in [0.25, 0.3) is 0 Å². The zero-order valence-electron chi connectivity index (χ0n) is 16.9. The van der Waals surface area contributed by atoms with Crippen molar-refractivity contribution >= 4 is 10.8 Å². The molecule has 31 heavy (non-hydrogen) atoms. The van der Waals surface area contributed by atoms with Gasteiger partial charge in [-0.15, -0.1) is 0 Å². The Kier molecular flexibility index (Phi) is 5.94. The second kappa shape index (κ2) is 8.80. The van der Waals surface area contributed by atoms with Crippen molar-refractivity contribution in [3.05, 3.63) is 90.0 Å². The molecule has 0 saturated heterocycles. The fourth-order valence-corrected chi connectivity index (χ4v) is 3.46.